The molecule has 0 spiro atoms. The largest absolute Gasteiger partial charge is 0.346 e. The van der Waals surface area contributed by atoms with Crippen LogP contribution < -0.4 is 4.90 Å². The third-order valence-electron chi connectivity index (χ3n) is 4.26. The Balaban J connectivity index is 1.64. The van der Waals surface area contributed by atoms with E-state index in [1.54, 1.807) is 12.3 Å². The van der Waals surface area contributed by atoms with Gasteiger partial charge < -0.3 is 4.90 Å². The fourth-order valence-corrected chi connectivity index (χ4v) is 3.02. The summed E-state index contributed by atoms with van der Waals surface area (Å²) in [4.78, 5) is 19.4. The number of aromatic nitrogens is 1. The molecule has 25 heavy (non-hydrogen) atoms. The van der Waals surface area contributed by atoms with Gasteiger partial charge in [-0.25, -0.2) is 4.98 Å². The number of rotatable bonds is 3. The molecule has 0 amide bonds. The Morgan fingerprint density at radius 3 is 2.76 bits per heavy atom. The second kappa shape index (κ2) is 7.77. The van der Waals surface area contributed by atoms with Gasteiger partial charge in [-0.3, -0.25) is 15.0 Å². The van der Waals surface area contributed by atoms with Crippen LogP contribution in [-0.2, 0) is 0 Å². The molecule has 0 N–H and O–H groups in total. The van der Waals surface area contributed by atoms with Crippen molar-refractivity contribution in [3.63, 3.8) is 0 Å². The monoisotopic (exact) mass is 336 g/mol. The normalized spacial score (nSPS) is 17.6. The Labute approximate surface area is 147 Å². The van der Waals surface area contributed by atoms with Gasteiger partial charge >= 0.3 is 5.69 Å². The van der Waals surface area contributed by atoms with Gasteiger partial charge in [0, 0.05) is 43.5 Å². The Kier molecular flexibility index (Phi) is 5.26. The first-order chi connectivity index (χ1) is 12.1. The summed E-state index contributed by atoms with van der Waals surface area (Å²) in [7, 11) is 0. The first kappa shape index (κ1) is 16.9. The van der Waals surface area contributed by atoms with Crippen LogP contribution in [0.5, 0.6) is 0 Å². The molecular formula is C19H20N4O2. The molecule has 128 valence electrons. The predicted octanol–water partition coefficient (Wildman–Crippen LogP) is 2.55. The summed E-state index contributed by atoms with van der Waals surface area (Å²) in [5.41, 5.74) is 1.07. The van der Waals surface area contributed by atoms with Crippen LogP contribution in [0.1, 0.15) is 12.5 Å². The van der Waals surface area contributed by atoms with Gasteiger partial charge in [-0.1, -0.05) is 30.0 Å². The van der Waals surface area contributed by atoms with Gasteiger partial charge in [0.2, 0.25) is 5.82 Å². The molecule has 6 heteroatoms. The summed E-state index contributed by atoms with van der Waals surface area (Å²) in [6.07, 6.45) is 1.60. The smallest absolute Gasteiger partial charge is 0.311 e. The minimum absolute atomic E-state index is 0.0617. The van der Waals surface area contributed by atoms with Crippen LogP contribution in [0.3, 0.4) is 0 Å². The fourth-order valence-electron chi connectivity index (χ4n) is 3.02. The number of benzene rings is 1. The van der Waals surface area contributed by atoms with E-state index in [1.165, 1.54) is 6.07 Å². The average Bonchev–Trinajstić information content (AvgIpc) is 2.63. The van der Waals surface area contributed by atoms with Crippen LogP contribution in [0, 0.1) is 22.0 Å². The lowest BCUT2D eigenvalue weighted by atomic mass is 10.1. The lowest BCUT2D eigenvalue weighted by Crippen LogP contribution is -2.52. The summed E-state index contributed by atoms with van der Waals surface area (Å²) in [6.45, 7) is 5.07. The highest BCUT2D eigenvalue weighted by molar-refractivity contribution is 5.58. The molecule has 0 bridgehead atoms. The van der Waals surface area contributed by atoms with Crippen molar-refractivity contribution >= 4 is 11.5 Å². The highest BCUT2D eigenvalue weighted by Gasteiger charge is 2.29. The predicted molar refractivity (Wildman–Crippen MR) is 97.5 cm³/mol. The highest BCUT2D eigenvalue weighted by Crippen LogP contribution is 2.27. The Hall–Kier alpha value is -2.91. The molecule has 1 fully saturated rings. The number of pyridine rings is 1. The lowest BCUT2D eigenvalue weighted by molar-refractivity contribution is -0.384. The van der Waals surface area contributed by atoms with Gasteiger partial charge in [-0.05, 0) is 25.1 Å². The van der Waals surface area contributed by atoms with Crippen LogP contribution in [0.25, 0.3) is 0 Å². The van der Waals surface area contributed by atoms with Gasteiger partial charge in [0.05, 0.1) is 11.5 Å². The highest BCUT2D eigenvalue weighted by atomic mass is 16.6. The number of hydrogen-bond acceptors (Lipinski definition) is 5. The van der Waals surface area contributed by atoms with Crippen molar-refractivity contribution in [1.82, 2.24) is 9.88 Å². The molecule has 0 saturated carbocycles. The van der Waals surface area contributed by atoms with Crippen LogP contribution in [-0.4, -0.2) is 47.0 Å². The van der Waals surface area contributed by atoms with Crippen molar-refractivity contribution in [1.29, 1.82) is 0 Å². The van der Waals surface area contributed by atoms with E-state index in [0.717, 1.165) is 18.7 Å². The fraction of sp³-hybridized carbons (Fsp3) is 0.316. The van der Waals surface area contributed by atoms with Crippen LogP contribution >= 0.6 is 0 Å². The second-order valence-corrected chi connectivity index (χ2v) is 6.05. The molecule has 2 aromatic rings. The van der Waals surface area contributed by atoms with E-state index in [2.05, 4.69) is 28.6 Å². The van der Waals surface area contributed by atoms with E-state index < -0.39 is 0 Å². The molecule has 0 radical (unpaired) electrons. The average molecular weight is 336 g/mol. The topological polar surface area (TPSA) is 62.5 Å². The van der Waals surface area contributed by atoms with Gasteiger partial charge in [-0.2, -0.15) is 0 Å². The molecule has 2 heterocycles. The zero-order chi connectivity index (χ0) is 17.6. The summed E-state index contributed by atoms with van der Waals surface area (Å²) < 4.78 is 0. The van der Waals surface area contributed by atoms with Gasteiger partial charge in [0.1, 0.15) is 0 Å². The summed E-state index contributed by atoms with van der Waals surface area (Å²) in [6, 6.07) is 13.2. The first-order valence-electron chi connectivity index (χ1n) is 8.27. The lowest BCUT2D eigenvalue weighted by Gasteiger charge is -2.39. The molecule has 1 aromatic heterocycles. The van der Waals surface area contributed by atoms with Crippen molar-refractivity contribution in [3.05, 3.63) is 64.3 Å². The van der Waals surface area contributed by atoms with Crippen molar-refractivity contribution in [3.8, 4) is 11.8 Å². The quantitative estimate of drug-likeness (QED) is 0.490. The molecule has 1 aromatic carbocycles. The van der Waals surface area contributed by atoms with Crippen LogP contribution in [0.2, 0.25) is 0 Å². The molecule has 1 saturated heterocycles. The summed E-state index contributed by atoms with van der Waals surface area (Å²) >= 11 is 0. The van der Waals surface area contributed by atoms with E-state index >= 15 is 0 Å². The zero-order valence-corrected chi connectivity index (χ0v) is 14.1. The maximum absolute atomic E-state index is 11.2. The Morgan fingerprint density at radius 2 is 2.04 bits per heavy atom. The Morgan fingerprint density at radius 1 is 1.24 bits per heavy atom. The van der Waals surface area contributed by atoms with E-state index in [0.29, 0.717) is 18.9 Å². The minimum atomic E-state index is -0.368. The summed E-state index contributed by atoms with van der Waals surface area (Å²) in [5.74, 6) is 6.83. The van der Waals surface area contributed by atoms with E-state index in [1.807, 2.05) is 35.2 Å². The molecular weight excluding hydrogens is 316 g/mol. The van der Waals surface area contributed by atoms with Gasteiger partial charge in [0.25, 0.3) is 0 Å². The second-order valence-electron chi connectivity index (χ2n) is 6.05. The molecule has 6 nitrogen and oxygen atoms in total. The zero-order valence-electron chi connectivity index (χ0n) is 14.1. The molecule has 3 rings (SSSR count). The van der Waals surface area contributed by atoms with Crippen molar-refractivity contribution in [2.75, 3.05) is 31.1 Å². The van der Waals surface area contributed by atoms with Crippen LogP contribution in [0.4, 0.5) is 11.5 Å². The van der Waals surface area contributed by atoms with Crippen molar-refractivity contribution in [2.45, 2.75) is 13.0 Å². The van der Waals surface area contributed by atoms with Crippen molar-refractivity contribution < 1.29 is 4.92 Å². The molecule has 1 aliphatic heterocycles. The van der Waals surface area contributed by atoms with Gasteiger partial charge in [0.15, 0.2) is 0 Å². The Bertz CT molecular complexity index is 798. The third-order valence-corrected chi connectivity index (χ3v) is 4.26. The van der Waals surface area contributed by atoms with E-state index in [-0.39, 0.29) is 16.7 Å². The number of nitro groups is 1. The third kappa shape index (κ3) is 4.14. The van der Waals surface area contributed by atoms with Crippen LogP contribution in [0.15, 0.2) is 48.7 Å². The van der Waals surface area contributed by atoms with Gasteiger partial charge in [-0.15, -0.1) is 0 Å². The maximum Gasteiger partial charge on any atom is 0.311 e. The molecule has 1 unspecified atom stereocenters. The SMILES string of the molecule is CC1CN(CC#Cc2ccccc2)CCN1c1ncccc1[N+](=O)[O-]. The number of nitrogens with zero attached hydrogens (tertiary/aromatic N) is 4. The summed E-state index contributed by atoms with van der Waals surface area (Å²) in [5, 5.41) is 11.2. The first-order valence-corrected chi connectivity index (χ1v) is 8.27. The molecule has 1 atom stereocenters. The van der Waals surface area contributed by atoms with E-state index in [4.69, 9.17) is 0 Å². The molecule has 1 aliphatic rings. The molecule has 0 aliphatic carbocycles. The maximum atomic E-state index is 11.2. The number of anilines is 1. The number of piperazine rings is 1. The number of hydrogen-bond donors (Lipinski definition) is 0. The standard InChI is InChI=1S/C19H20N4O2/c1-16-15-21(12-6-9-17-7-3-2-4-8-17)13-14-22(16)19-18(23(24)25)10-5-11-20-19/h2-5,7-8,10-11,16H,12-15H2,1H3. The van der Waals surface area contributed by atoms with E-state index in [9.17, 15) is 10.1 Å². The minimum Gasteiger partial charge on any atom is -0.346 e. The van der Waals surface area contributed by atoms with Crippen molar-refractivity contribution in [2.24, 2.45) is 0 Å².